The average Bonchev–Trinajstić information content (AvgIpc) is 2.78. The van der Waals surface area contributed by atoms with E-state index in [4.69, 9.17) is 14.6 Å². The third kappa shape index (κ3) is 7.57. The van der Waals surface area contributed by atoms with Crippen LogP contribution >= 0.6 is 0 Å². The largest absolute Gasteiger partial charge is 0.481 e. The van der Waals surface area contributed by atoms with Gasteiger partial charge in [0.15, 0.2) is 6.29 Å². The highest BCUT2D eigenvalue weighted by Gasteiger charge is 2.44. The number of ether oxygens (including phenoxy) is 2. The number of carboxylic acid groups (broad SMARTS) is 1. The third-order valence-corrected chi connectivity index (χ3v) is 5.88. The van der Waals surface area contributed by atoms with Crippen LogP contribution in [0.15, 0.2) is 0 Å². The van der Waals surface area contributed by atoms with Gasteiger partial charge < -0.3 is 50.7 Å². The number of aliphatic carboxylic acids is 1. The monoisotopic (exact) mass is 478 g/mol. The van der Waals surface area contributed by atoms with E-state index in [9.17, 15) is 39.9 Å². The molecular formula is C20H34N2O11. The molecule has 0 spiro atoms. The highest BCUT2D eigenvalue weighted by molar-refractivity contribution is 5.89. The van der Waals surface area contributed by atoms with E-state index in [1.54, 1.807) is 0 Å². The highest BCUT2D eigenvalue weighted by atomic mass is 16.7. The molecule has 0 aromatic rings. The molecule has 13 nitrogen and oxygen atoms in total. The molecule has 2 aliphatic rings. The van der Waals surface area contributed by atoms with Crippen molar-refractivity contribution in [3.63, 3.8) is 0 Å². The van der Waals surface area contributed by atoms with Gasteiger partial charge in [-0.2, -0.15) is 0 Å². The Morgan fingerprint density at radius 2 is 1.73 bits per heavy atom. The molecule has 0 bridgehead atoms. The molecular weight excluding hydrogens is 444 g/mol. The van der Waals surface area contributed by atoms with Crippen molar-refractivity contribution in [2.24, 2.45) is 0 Å². The molecule has 1 unspecified atom stereocenters. The molecule has 2 amide bonds. The fraction of sp³-hybridized carbons (Fsp3) is 0.850. The molecule has 9 atom stereocenters. The molecule has 0 radical (unpaired) electrons. The Kier molecular flexibility index (Phi) is 10.4. The average molecular weight is 478 g/mol. The third-order valence-electron chi connectivity index (χ3n) is 5.88. The van der Waals surface area contributed by atoms with Crippen molar-refractivity contribution in [2.75, 3.05) is 6.61 Å². The molecule has 190 valence electrons. The normalized spacial score (nSPS) is 34.2. The Morgan fingerprint density at radius 3 is 2.36 bits per heavy atom. The number of hydrogen-bond donors (Lipinski definition) is 8. The first-order chi connectivity index (χ1) is 15.5. The van der Waals surface area contributed by atoms with Gasteiger partial charge in [-0.15, -0.1) is 0 Å². The van der Waals surface area contributed by atoms with E-state index in [1.165, 1.54) is 6.92 Å². The molecule has 1 saturated carbocycles. The maximum atomic E-state index is 12.8. The molecule has 1 aliphatic heterocycles. The number of aliphatic hydroxyl groups is 5. The van der Waals surface area contributed by atoms with E-state index in [0.29, 0.717) is 12.8 Å². The molecule has 0 aromatic carbocycles. The second kappa shape index (κ2) is 12.6. The minimum Gasteiger partial charge on any atom is -0.481 e. The zero-order valence-corrected chi connectivity index (χ0v) is 18.4. The van der Waals surface area contributed by atoms with E-state index < -0.39 is 92.2 Å². The van der Waals surface area contributed by atoms with Gasteiger partial charge in [0.2, 0.25) is 11.8 Å². The number of carboxylic acids is 1. The second-order valence-corrected chi connectivity index (χ2v) is 8.44. The van der Waals surface area contributed by atoms with Gasteiger partial charge in [-0.05, 0) is 19.8 Å². The van der Waals surface area contributed by atoms with Crippen LogP contribution in [0.5, 0.6) is 0 Å². The minimum atomic E-state index is -1.62. The maximum absolute atomic E-state index is 12.8. The Bertz CT molecular complexity index is 678. The van der Waals surface area contributed by atoms with Crippen LogP contribution in [0.25, 0.3) is 0 Å². The molecule has 8 N–H and O–H groups in total. The molecule has 1 saturated heterocycles. The predicted molar refractivity (Wildman–Crippen MR) is 110 cm³/mol. The molecule has 2 fully saturated rings. The van der Waals surface area contributed by atoms with E-state index in [0.717, 1.165) is 12.8 Å². The van der Waals surface area contributed by atoms with Crippen LogP contribution in [0.1, 0.15) is 45.4 Å². The lowest BCUT2D eigenvalue weighted by molar-refractivity contribution is -0.307. The van der Waals surface area contributed by atoms with E-state index in [-0.39, 0.29) is 0 Å². The molecule has 33 heavy (non-hydrogen) atoms. The summed E-state index contributed by atoms with van der Waals surface area (Å²) in [6.45, 7) is 0.701. The smallest absolute Gasteiger partial charge is 0.303 e. The Morgan fingerprint density at radius 1 is 1.06 bits per heavy atom. The number of carbonyl (C=O) groups is 3. The topological polar surface area (TPSA) is 215 Å². The lowest BCUT2D eigenvalue weighted by Gasteiger charge is -2.42. The Balaban J connectivity index is 2.04. The van der Waals surface area contributed by atoms with Gasteiger partial charge in [0.1, 0.15) is 30.5 Å². The summed E-state index contributed by atoms with van der Waals surface area (Å²) in [4.78, 5) is 35.4. The lowest BCUT2D eigenvalue weighted by atomic mass is 9.91. The second-order valence-electron chi connectivity index (χ2n) is 8.44. The van der Waals surface area contributed by atoms with Crippen molar-refractivity contribution in [3.8, 4) is 0 Å². The number of hydrogen-bond acceptors (Lipinski definition) is 10. The van der Waals surface area contributed by atoms with Gasteiger partial charge >= 0.3 is 5.97 Å². The van der Waals surface area contributed by atoms with Crippen LogP contribution in [0.4, 0.5) is 0 Å². The van der Waals surface area contributed by atoms with Crippen LogP contribution in [-0.2, 0) is 23.9 Å². The van der Waals surface area contributed by atoms with Crippen LogP contribution < -0.4 is 10.6 Å². The lowest BCUT2D eigenvalue weighted by Crippen LogP contribution is -2.61. The van der Waals surface area contributed by atoms with E-state index in [2.05, 4.69) is 10.6 Å². The van der Waals surface area contributed by atoms with Crippen molar-refractivity contribution in [3.05, 3.63) is 0 Å². The van der Waals surface area contributed by atoms with Crippen molar-refractivity contribution >= 4 is 17.8 Å². The first-order valence-electron chi connectivity index (χ1n) is 11.0. The SMILES string of the molecule is C[C@@H]1O[C@@H](O[C@@H]2CCCC[C@H]2NC(=O)[C@@H](NC(=O)CCC(=O)O)C(O)CO)[C@@H](O)[C@H](O)[C@@H]1O. The predicted octanol–water partition coefficient (Wildman–Crippen LogP) is -3.04. The quantitative estimate of drug-likeness (QED) is 0.158. The number of carbonyl (C=O) groups excluding carboxylic acids is 2. The summed E-state index contributed by atoms with van der Waals surface area (Å²) in [5.41, 5.74) is 0. The van der Waals surface area contributed by atoms with Crippen LogP contribution in [0.2, 0.25) is 0 Å². The van der Waals surface area contributed by atoms with Crippen LogP contribution in [0, 0.1) is 0 Å². The van der Waals surface area contributed by atoms with Gasteiger partial charge in [0, 0.05) is 6.42 Å². The van der Waals surface area contributed by atoms with Crippen molar-refractivity contribution in [2.45, 2.75) is 100 Å². The van der Waals surface area contributed by atoms with Crippen LogP contribution in [-0.4, -0.2) is 110 Å². The van der Waals surface area contributed by atoms with Gasteiger partial charge in [-0.25, -0.2) is 0 Å². The molecule has 2 rings (SSSR count). The van der Waals surface area contributed by atoms with Crippen molar-refractivity contribution in [1.29, 1.82) is 0 Å². The zero-order valence-electron chi connectivity index (χ0n) is 18.4. The van der Waals surface area contributed by atoms with Gasteiger partial charge in [0.25, 0.3) is 0 Å². The van der Waals surface area contributed by atoms with Gasteiger partial charge in [-0.1, -0.05) is 12.8 Å². The van der Waals surface area contributed by atoms with Gasteiger partial charge in [-0.3, -0.25) is 14.4 Å². The first kappa shape index (κ1) is 27.4. The highest BCUT2D eigenvalue weighted by Crippen LogP contribution is 2.28. The summed E-state index contributed by atoms with van der Waals surface area (Å²) in [5.74, 6) is -2.77. The summed E-state index contributed by atoms with van der Waals surface area (Å²) >= 11 is 0. The van der Waals surface area contributed by atoms with E-state index >= 15 is 0 Å². The maximum Gasteiger partial charge on any atom is 0.303 e. The minimum absolute atomic E-state index is 0.407. The number of rotatable bonds is 10. The number of aliphatic hydroxyl groups excluding tert-OH is 5. The Hall–Kier alpha value is -1.87. The summed E-state index contributed by atoms with van der Waals surface area (Å²) in [6, 6.07) is -2.11. The first-order valence-corrected chi connectivity index (χ1v) is 11.0. The summed E-state index contributed by atoms with van der Waals surface area (Å²) in [7, 11) is 0. The Labute approximate surface area is 190 Å². The molecule has 13 heteroatoms. The molecule has 0 aromatic heterocycles. The molecule has 1 aliphatic carbocycles. The summed E-state index contributed by atoms with van der Waals surface area (Å²) in [6.07, 6.45) is -6.95. The van der Waals surface area contributed by atoms with Crippen molar-refractivity contribution in [1.82, 2.24) is 10.6 Å². The van der Waals surface area contributed by atoms with Gasteiger partial charge in [0.05, 0.1) is 31.3 Å². The standard InChI is InChI=1S/C20H34N2O11/c1-9-16(28)17(29)18(30)20(32-9)33-12-5-3-2-4-10(12)21-19(31)15(11(24)8-23)22-13(25)6-7-14(26)27/h9-12,15-18,20,23-24,28-30H,2-8H2,1H3,(H,21,31)(H,22,25)(H,26,27)/t9-,10+,11?,12+,15-,16+,17+,18-,20-/m0/s1. The summed E-state index contributed by atoms with van der Waals surface area (Å²) in [5, 5.41) is 62.9. The van der Waals surface area contributed by atoms with Crippen molar-refractivity contribution < 1.29 is 54.5 Å². The summed E-state index contributed by atoms with van der Waals surface area (Å²) < 4.78 is 11.3. The zero-order chi connectivity index (χ0) is 24.7. The molecule has 1 heterocycles. The fourth-order valence-electron chi connectivity index (χ4n) is 3.90. The van der Waals surface area contributed by atoms with Crippen LogP contribution in [0.3, 0.4) is 0 Å². The van der Waals surface area contributed by atoms with E-state index in [1.807, 2.05) is 0 Å². The fourth-order valence-corrected chi connectivity index (χ4v) is 3.90. The number of amides is 2. The number of nitrogens with one attached hydrogen (secondary N) is 2.